The van der Waals surface area contributed by atoms with Gasteiger partial charge in [-0.05, 0) is 27.7 Å². The quantitative estimate of drug-likeness (QED) is 0.638. The second-order valence-corrected chi connectivity index (χ2v) is 3.93. The van der Waals surface area contributed by atoms with Gasteiger partial charge in [-0.15, -0.1) is 0 Å². The highest BCUT2D eigenvalue weighted by Gasteiger charge is 2.54. The van der Waals surface area contributed by atoms with Crippen molar-refractivity contribution in [1.29, 1.82) is 0 Å². The summed E-state index contributed by atoms with van der Waals surface area (Å²) in [5.41, 5.74) is -2.70. The fourth-order valence-corrected chi connectivity index (χ4v) is 1.19. The third-order valence-electron chi connectivity index (χ3n) is 2.51. The van der Waals surface area contributed by atoms with E-state index in [1.807, 2.05) is 0 Å². The average Bonchev–Trinajstić information content (AvgIpc) is 2.15. The third-order valence-corrected chi connectivity index (χ3v) is 2.51. The first-order valence-electron chi connectivity index (χ1n) is 4.06. The summed E-state index contributed by atoms with van der Waals surface area (Å²) < 4.78 is 5.17. The smallest absolute Gasteiger partial charge is 0.246 e. The maximum Gasteiger partial charge on any atom is 0.246 e. The summed E-state index contributed by atoms with van der Waals surface area (Å²) in [5.74, 6) is -0.809. The molecule has 0 amide bonds. The van der Waals surface area contributed by atoms with Crippen LogP contribution in [0.4, 0.5) is 0 Å². The second kappa shape index (κ2) is 2.48. The number of ether oxygens (including phenoxy) is 1. The number of allylic oxidation sites excluding steroid dienone is 1. The molecule has 0 aromatic rings. The molecule has 0 radical (unpaired) electrons. The molecule has 1 rings (SSSR count). The van der Waals surface area contributed by atoms with Crippen molar-refractivity contribution in [2.45, 2.75) is 38.9 Å². The summed E-state index contributed by atoms with van der Waals surface area (Å²) in [6.07, 6.45) is 0. The Balaban J connectivity index is 3.10. The topological polar surface area (TPSA) is 66.8 Å². The van der Waals surface area contributed by atoms with E-state index in [9.17, 15) is 15.0 Å². The van der Waals surface area contributed by atoms with E-state index in [4.69, 9.17) is 4.74 Å². The molecule has 1 unspecified atom stereocenters. The summed E-state index contributed by atoms with van der Waals surface area (Å²) in [5, 5.41) is 19.0. The minimum absolute atomic E-state index is 0.162. The van der Waals surface area contributed by atoms with Gasteiger partial charge in [0.15, 0.2) is 5.60 Å². The zero-order valence-corrected chi connectivity index (χ0v) is 8.21. The van der Waals surface area contributed by atoms with Gasteiger partial charge in [0.05, 0.1) is 0 Å². The molecule has 0 aliphatic carbocycles. The van der Waals surface area contributed by atoms with Gasteiger partial charge in [-0.2, -0.15) is 0 Å². The Kier molecular flexibility index (Phi) is 1.92. The molecule has 4 nitrogen and oxygen atoms in total. The first-order chi connectivity index (χ1) is 5.70. The van der Waals surface area contributed by atoms with Crippen LogP contribution in [0.15, 0.2) is 11.5 Å². The Morgan fingerprint density at radius 3 is 2.08 bits per heavy atom. The van der Waals surface area contributed by atoms with E-state index in [1.165, 1.54) is 27.7 Å². The number of rotatable bonds is 1. The maximum atomic E-state index is 11.5. The highest BCUT2D eigenvalue weighted by Crippen LogP contribution is 2.36. The normalized spacial score (nSPS) is 29.5. The van der Waals surface area contributed by atoms with E-state index in [2.05, 4.69) is 0 Å². The highest BCUT2D eigenvalue weighted by atomic mass is 16.5. The molecule has 0 aromatic heterocycles. The van der Waals surface area contributed by atoms with Crippen molar-refractivity contribution >= 4 is 5.78 Å². The van der Waals surface area contributed by atoms with Crippen LogP contribution in [0.1, 0.15) is 27.7 Å². The molecule has 0 spiro atoms. The van der Waals surface area contributed by atoms with Gasteiger partial charge in [0.25, 0.3) is 0 Å². The van der Waals surface area contributed by atoms with E-state index < -0.39 is 22.7 Å². The summed E-state index contributed by atoms with van der Waals surface area (Å²) in [6.45, 7) is 5.89. The number of carbonyl (C=O) groups is 1. The lowest BCUT2D eigenvalue weighted by molar-refractivity contribution is -0.156. The zero-order valence-electron chi connectivity index (χ0n) is 8.21. The van der Waals surface area contributed by atoms with Crippen LogP contribution in [0.2, 0.25) is 0 Å². The lowest BCUT2D eigenvalue weighted by atomic mass is 9.84. The van der Waals surface area contributed by atoms with Crippen LogP contribution in [-0.4, -0.2) is 27.2 Å². The Morgan fingerprint density at radius 2 is 1.92 bits per heavy atom. The van der Waals surface area contributed by atoms with Gasteiger partial charge >= 0.3 is 0 Å². The minimum atomic E-state index is -1.37. The maximum absolute atomic E-state index is 11.5. The van der Waals surface area contributed by atoms with E-state index >= 15 is 0 Å². The molecule has 0 saturated carbocycles. The number of hydrogen-bond donors (Lipinski definition) is 2. The van der Waals surface area contributed by atoms with Gasteiger partial charge < -0.3 is 14.9 Å². The molecule has 1 atom stereocenters. The van der Waals surface area contributed by atoms with Crippen molar-refractivity contribution in [2.75, 3.05) is 0 Å². The van der Waals surface area contributed by atoms with Gasteiger partial charge in [-0.1, -0.05) is 0 Å². The summed E-state index contributed by atoms with van der Waals surface area (Å²) in [7, 11) is 0. The first-order valence-corrected chi connectivity index (χ1v) is 4.06. The Morgan fingerprint density at radius 1 is 1.46 bits per heavy atom. The van der Waals surface area contributed by atoms with Crippen LogP contribution in [-0.2, 0) is 9.53 Å². The Hall–Kier alpha value is -1.03. The fraction of sp³-hybridized carbons (Fsp3) is 0.667. The number of Topliss-reactive ketones (excluding diaryl/α,β-unsaturated/α-hetero) is 1. The number of hydrogen-bond acceptors (Lipinski definition) is 4. The first kappa shape index (κ1) is 10.1. The SMILES string of the molecule is CC1=C(O)C(=O)C(C)(C(C)(C)O)O1. The Labute approximate surface area is 76.8 Å². The minimum Gasteiger partial charge on any atom is -0.502 e. The number of aliphatic hydroxyl groups excluding tert-OH is 1. The average molecular weight is 186 g/mol. The van der Waals surface area contributed by atoms with Gasteiger partial charge in [0.2, 0.25) is 11.5 Å². The van der Waals surface area contributed by atoms with Gasteiger partial charge in [0, 0.05) is 0 Å². The lowest BCUT2D eigenvalue weighted by Gasteiger charge is -2.34. The molecular formula is C9H14O4. The summed E-state index contributed by atoms with van der Waals surface area (Å²) >= 11 is 0. The number of ketones is 1. The van der Waals surface area contributed by atoms with Crippen LogP contribution >= 0.6 is 0 Å². The third kappa shape index (κ3) is 1.21. The standard InChI is InChI=1S/C9H14O4/c1-5-6(10)7(11)9(4,13-5)8(2,3)12/h10,12H,1-4H3. The molecule has 4 heteroatoms. The zero-order chi connectivity index (χ0) is 10.4. The van der Waals surface area contributed by atoms with E-state index in [1.54, 1.807) is 0 Å². The molecule has 0 bridgehead atoms. The molecule has 1 heterocycles. The molecule has 0 fully saturated rings. The van der Waals surface area contributed by atoms with Crippen LogP contribution in [0, 0.1) is 0 Å². The highest BCUT2D eigenvalue weighted by molar-refractivity contribution is 6.02. The van der Waals surface area contributed by atoms with Crippen molar-refractivity contribution in [3.05, 3.63) is 11.5 Å². The lowest BCUT2D eigenvalue weighted by Crippen LogP contribution is -2.53. The molecule has 1 aliphatic heterocycles. The predicted molar refractivity (Wildman–Crippen MR) is 46.1 cm³/mol. The summed E-state index contributed by atoms with van der Waals surface area (Å²) in [6, 6.07) is 0. The molecule has 0 saturated heterocycles. The van der Waals surface area contributed by atoms with E-state index in [0.29, 0.717) is 0 Å². The van der Waals surface area contributed by atoms with Gasteiger partial charge in [0.1, 0.15) is 11.4 Å². The van der Waals surface area contributed by atoms with Crippen molar-refractivity contribution in [3.63, 3.8) is 0 Å². The predicted octanol–water partition coefficient (Wildman–Crippen LogP) is 0.905. The van der Waals surface area contributed by atoms with Crippen LogP contribution in [0.3, 0.4) is 0 Å². The number of aliphatic hydroxyl groups is 2. The molecule has 74 valence electrons. The van der Waals surface area contributed by atoms with E-state index in [-0.39, 0.29) is 5.76 Å². The van der Waals surface area contributed by atoms with Crippen LogP contribution in [0.25, 0.3) is 0 Å². The summed E-state index contributed by atoms with van der Waals surface area (Å²) in [4.78, 5) is 11.5. The molecule has 0 aromatic carbocycles. The van der Waals surface area contributed by atoms with Crippen molar-refractivity contribution < 1.29 is 19.7 Å². The molecule has 2 N–H and O–H groups in total. The van der Waals surface area contributed by atoms with Gasteiger partial charge in [-0.3, -0.25) is 4.79 Å². The van der Waals surface area contributed by atoms with Crippen LogP contribution in [0.5, 0.6) is 0 Å². The molecular weight excluding hydrogens is 172 g/mol. The monoisotopic (exact) mass is 186 g/mol. The van der Waals surface area contributed by atoms with Crippen molar-refractivity contribution in [1.82, 2.24) is 0 Å². The van der Waals surface area contributed by atoms with E-state index in [0.717, 1.165) is 0 Å². The molecule has 13 heavy (non-hydrogen) atoms. The molecule has 1 aliphatic rings. The van der Waals surface area contributed by atoms with Gasteiger partial charge in [-0.25, -0.2) is 0 Å². The second-order valence-electron chi connectivity index (χ2n) is 3.93. The fourth-order valence-electron chi connectivity index (χ4n) is 1.19. The number of carbonyl (C=O) groups excluding carboxylic acids is 1. The van der Waals surface area contributed by atoms with Crippen molar-refractivity contribution in [2.24, 2.45) is 0 Å². The van der Waals surface area contributed by atoms with Crippen LogP contribution < -0.4 is 0 Å². The largest absolute Gasteiger partial charge is 0.502 e. The van der Waals surface area contributed by atoms with Crippen molar-refractivity contribution in [3.8, 4) is 0 Å². The Bertz CT molecular complexity index is 284.